The van der Waals surface area contributed by atoms with Gasteiger partial charge in [-0.1, -0.05) is 13.3 Å². The lowest BCUT2D eigenvalue weighted by Gasteiger charge is -2.46. The summed E-state index contributed by atoms with van der Waals surface area (Å²) in [4.78, 5) is 16.1. The van der Waals surface area contributed by atoms with Crippen LogP contribution in [0.25, 0.3) is 0 Å². The van der Waals surface area contributed by atoms with Crippen molar-refractivity contribution in [3.63, 3.8) is 0 Å². The number of hydrogen-bond donors (Lipinski definition) is 0. The van der Waals surface area contributed by atoms with Crippen molar-refractivity contribution in [1.82, 2.24) is 9.80 Å². The molecule has 3 heteroatoms. The van der Waals surface area contributed by atoms with Gasteiger partial charge >= 0.3 is 0 Å². The molecule has 86 valence electrons. The molecule has 0 saturated carbocycles. The molecule has 0 N–H and O–H groups in total. The fourth-order valence-electron chi connectivity index (χ4n) is 2.55. The zero-order chi connectivity index (χ0) is 10.7. The molecule has 2 aliphatic heterocycles. The van der Waals surface area contributed by atoms with Gasteiger partial charge in [-0.05, 0) is 32.4 Å². The van der Waals surface area contributed by atoms with Gasteiger partial charge < -0.3 is 4.90 Å². The highest BCUT2D eigenvalue weighted by atomic mass is 16.2. The molecule has 0 atom stereocenters. The number of hydrogen-bond acceptors (Lipinski definition) is 2. The van der Waals surface area contributed by atoms with Gasteiger partial charge in [0.2, 0.25) is 5.91 Å². The summed E-state index contributed by atoms with van der Waals surface area (Å²) in [6, 6.07) is 0.672. The summed E-state index contributed by atoms with van der Waals surface area (Å²) in [7, 11) is 0. The van der Waals surface area contributed by atoms with Crippen LogP contribution in [0.3, 0.4) is 0 Å². The second kappa shape index (κ2) is 4.97. The van der Waals surface area contributed by atoms with E-state index in [1.165, 1.54) is 32.4 Å². The first kappa shape index (κ1) is 10.9. The zero-order valence-electron chi connectivity index (χ0n) is 9.74. The van der Waals surface area contributed by atoms with Crippen LogP contribution in [0, 0.1) is 0 Å². The van der Waals surface area contributed by atoms with Gasteiger partial charge in [0.25, 0.3) is 0 Å². The van der Waals surface area contributed by atoms with E-state index in [-0.39, 0.29) is 0 Å². The summed E-state index contributed by atoms with van der Waals surface area (Å²) in [5.74, 6) is 0.353. The molecule has 0 aliphatic carbocycles. The fraction of sp³-hybridized carbons (Fsp3) is 0.917. The first-order valence-electron chi connectivity index (χ1n) is 6.33. The molecule has 2 fully saturated rings. The molecule has 0 radical (unpaired) electrons. The first-order valence-corrected chi connectivity index (χ1v) is 6.33. The molecule has 15 heavy (non-hydrogen) atoms. The molecule has 1 amide bonds. The summed E-state index contributed by atoms with van der Waals surface area (Å²) < 4.78 is 0. The number of likely N-dealkylation sites (tertiary alicyclic amines) is 2. The third-order valence-corrected chi connectivity index (χ3v) is 3.59. The first-order chi connectivity index (χ1) is 7.31. The summed E-state index contributed by atoms with van der Waals surface area (Å²) in [6.07, 6.45) is 5.79. The monoisotopic (exact) mass is 210 g/mol. The number of carbonyl (C=O) groups excluding carboxylic acids is 1. The van der Waals surface area contributed by atoms with Crippen molar-refractivity contribution in [3.05, 3.63) is 0 Å². The average molecular weight is 210 g/mol. The van der Waals surface area contributed by atoms with Crippen molar-refractivity contribution in [2.45, 2.75) is 45.1 Å². The summed E-state index contributed by atoms with van der Waals surface area (Å²) in [5, 5.41) is 0. The lowest BCUT2D eigenvalue weighted by Crippen LogP contribution is -2.61. The van der Waals surface area contributed by atoms with E-state index < -0.39 is 0 Å². The predicted molar refractivity (Wildman–Crippen MR) is 60.7 cm³/mol. The van der Waals surface area contributed by atoms with E-state index in [0.29, 0.717) is 11.9 Å². The largest absolute Gasteiger partial charge is 0.339 e. The molecular formula is C12H22N2O. The van der Waals surface area contributed by atoms with E-state index in [9.17, 15) is 4.79 Å². The van der Waals surface area contributed by atoms with Crippen LogP contribution in [-0.2, 0) is 4.79 Å². The van der Waals surface area contributed by atoms with Crippen LogP contribution < -0.4 is 0 Å². The Morgan fingerprint density at radius 1 is 1.20 bits per heavy atom. The van der Waals surface area contributed by atoms with Crippen LogP contribution in [0.15, 0.2) is 0 Å². The molecule has 0 aromatic heterocycles. The molecule has 0 unspecified atom stereocenters. The molecule has 0 bridgehead atoms. The minimum absolute atomic E-state index is 0.353. The number of amides is 1. The van der Waals surface area contributed by atoms with Crippen LogP contribution >= 0.6 is 0 Å². The van der Waals surface area contributed by atoms with Crippen molar-refractivity contribution in [3.8, 4) is 0 Å². The van der Waals surface area contributed by atoms with Gasteiger partial charge in [0, 0.05) is 25.6 Å². The average Bonchev–Trinajstić information content (AvgIpc) is 2.17. The van der Waals surface area contributed by atoms with Gasteiger partial charge in [-0.3, -0.25) is 9.69 Å². The van der Waals surface area contributed by atoms with Crippen molar-refractivity contribution in [1.29, 1.82) is 0 Å². The van der Waals surface area contributed by atoms with E-state index in [1.54, 1.807) is 0 Å². The van der Waals surface area contributed by atoms with Gasteiger partial charge in [0.05, 0.1) is 0 Å². The Labute approximate surface area is 92.4 Å². The Balaban J connectivity index is 1.70. The molecule has 0 spiro atoms. The van der Waals surface area contributed by atoms with Crippen molar-refractivity contribution < 1.29 is 4.79 Å². The molecular weight excluding hydrogens is 188 g/mol. The van der Waals surface area contributed by atoms with Crippen LogP contribution in [0.2, 0.25) is 0 Å². The lowest BCUT2D eigenvalue weighted by atomic mass is 10.0. The highest BCUT2D eigenvalue weighted by Gasteiger charge is 2.34. The van der Waals surface area contributed by atoms with Crippen LogP contribution in [0.5, 0.6) is 0 Å². The van der Waals surface area contributed by atoms with Gasteiger partial charge in [0.15, 0.2) is 0 Å². The molecule has 0 aromatic carbocycles. The van der Waals surface area contributed by atoms with Gasteiger partial charge in [-0.15, -0.1) is 0 Å². The van der Waals surface area contributed by atoms with E-state index in [1.807, 2.05) is 4.90 Å². The Kier molecular flexibility index (Phi) is 3.62. The Morgan fingerprint density at radius 2 is 1.87 bits per heavy atom. The lowest BCUT2D eigenvalue weighted by molar-refractivity contribution is -0.139. The minimum Gasteiger partial charge on any atom is -0.339 e. The quantitative estimate of drug-likeness (QED) is 0.704. The molecule has 3 nitrogen and oxygen atoms in total. The van der Waals surface area contributed by atoms with E-state index >= 15 is 0 Å². The molecule has 2 aliphatic rings. The SMILES string of the molecule is CCCC(=O)N1CC(N2CCCCC2)C1. The second-order valence-electron chi connectivity index (χ2n) is 4.80. The van der Waals surface area contributed by atoms with Gasteiger partial charge in [0.1, 0.15) is 0 Å². The normalized spacial score (nSPS) is 23.9. The smallest absolute Gasteiger partial charge is 0.222 e. The third-order valence-electron chi connectivity index (χ3n) is 3.59. The highest BCUT2D eigenvalue weighted by Crippen LogP contribution is 2.20. The number of piperidine rings is 1. The van der Waals surface area contributed by atoms with Crippen molar-refractivity contribution >= 4 is 5.91 Å². The third kappa shape index (κ3) is 2.51. The molecule has 2 heterocycles. The number of carbonyl (C=O) groups is 1. The maximum Gasteiger partial charge on any atom is 0.222 e. The molecule has 0 aromatic rings. The Bertz CT molecular complexity index is 218. The van der Waals surface area contributed by atoms with E-state index in [0.717, 1.165) is 25.9 Å². The predicted octanol–water partition coefficient (Wildman–Crippen LogP) is 1.48. The van der Waals surface area contributed by atoms with E-state index in [4.69, 9.17) is 0 Å². The van der Waals surface area contributed by atoms with Gasteiger partial charge in [-0.2, -0.15) is 0 Å². The standard InChI is InChI=1S/C12H22N2O/c1-2-6-12(15)14-9-11(10-14)13-7-4-3-5-8-13/h11H,2-10H2,1H3. The summed E-state index contributed by atoms with van der Waals surface area (Å²) in [6.45, 7) is 6.54. The summed E-state index contributed by atoms with van der Waals surface area (Å²) >= 11 is 0. The maximum absolute atomic E-state index is 11.6. The minimum atomic E-state index is 0.353. The van der Waals surface area contributed by atoms with Crippen molar-refractivity contribution in [2.75, 3.05) is 26.2 Å². The molecule has 2 saturated heterocycles. The van der Waals surface area contributed by atoms with Crippen LogP contribution in [0.4, 0.5) is 0 Å². The summed E-state index contributed by atoms with van der Waals surface area (Å²) in [5.41, 5.74) is 0. The highest BCUT2D eigenvalue weighted by molar-refractivity contribution is 5.77. The van der Waals surface area contributed by atoms with Gasteiger partial charge in [-0.25, -0.2) is 0 Å². The fourth-order valence-corrected chi connectivity index (χ4v) is 2.55. The van der Waals surface area contributed by atoms with Crippen LogP contribution in [0.1, 0.15) is 39.0 Å². The van der Waals surface area contributed by atoms with E-state index in [2.05, 4.69) is 11.8 Å². The Morgan fingerprint density at radius 3 is 2.47 bits per heavy atom. The maximum atomic E-state index is 11.6. The molecule has 2 rings (SSSR count). The second-order valence-corrected chi connectivity index (χ2v) is 4.80. The Hall–Kier alpha value is -0.570. The van der Waals surface area contributed by atoms with Crippen LogP contribution in [-0.4, -0.2) is 47.9 Å². The number of nitrogens with zero attached hydrogens (tertiary/aromatic N) is 2. The topological polar surface area (TPSA) is 23.6 Å². The number of rotatable bonds is 3. The zero-order valence-corrected chi connectivity index (χ0v) is 9.74. The van der Waals surface area contributed by atoms with Crippen molar-refractivity contribution in [2.24, 2.45) is 0 Å².